The lowest BCUT2D eigenvalue weighted by atomic mass is 9.90. The highest BCUT2D eigenvalue weighted by Gasteiger charge is 2.25. The van der Waals surface area contributed by atoms with Crippen LogP contribution in [0.3, 0.4) is 0 Å². The van der Waals surface area contributed by atoms with Crippen molar-refractivity contribution < 1.29 is 9.53 Å². The van der Waals surface area contributed by atoms with E-state index in [-0.39, 0.29) is 11.7 Å². The average molecular weight is 374 g/mol. The summed E-state index contributed by atoms with van der Waals surface area (Å²) in [5.74, 6) is 0.0330. The summed E-state index contributed by atoms with van der Waals surface area (Å²) in [4.78, 5) is 15.4. The zero-order valence-corrected chi connectivity index (χ0v) is 14.5. The molecule has 0 aliphatic carbocycles. The molecular weight excluding hydrogens is 354 g/mol. The molecule has 23 heavy (non-hydrogen) atoms. The first-order chi connectivity index (χ1) is 11.2. The molecule has 0 amide bonds. The monoisotopic (exact) mass is 373 g/mol. The van der Waals surface area contributed by atoms with Crippen molar-refractivity contribution in [2.24, 2.45) is 0 Å². The maximum atomic E-state index is 13.1. The summed E-state index contributed by atoms with van der Waals surface area (Å²) in [6.45, 7) is 4.00. The Morgan fingerprint density at radius 2 is 1.70 bits per heavy atom. The molecule has 1 aliphatic heterocycles. The Hall–Kier alpha value is -1.49. The van der Waals surface area contributed by atoms with Crippen LogP contribution >= 0.6 is 15.9 Å². The number of ether oxygens (including phenoxy) is 1. The summed E-state index contributed by atoms with van der Waals surface area (Å²) >= 11 is 3.42. The molecule has 0 aromatic heterocycles. The van der Waals surface area contributed by atoms with Crippen LogP contribution in [-0.2, 0) is 4.74 Å². The minimum Gasteiger partial charge on any atom is -0.379 e. The van der Waals surface area contributed by atoms with Gasteiger partial charge in [-0.05, 0) is 17.7 Å². The fourth-order valence-electron chi connectivity index (χ4n) is 2.88. The number of nitrogens with zero attached hydrogens (tertiary/aromatic N) is 1. The zero-order valence-electron chi connectivity index (χ0n) is 13.0. The number of hydrogen-bond acceptors (Lipinski definition) is 3. The Balaban J connectivity index is 1.84. The SMILES string of the molecule is O=C(c1ccc(Br)cc1)[C@H](CN1CCOCC1)c1ccccc1. The molecule has 3 nitrogen and oxygen atoms in total. The van der Waals surface area contributed by atoms with Gasteiger partial charge in [0.2, 0.25) is 0 Å². The van der Waals surface area contributed by atoms with Gasteiger partial charge in [-0.15, -0.1) is 0 Å². The highest BCUT2D eigenvalue weighted by molar-refractivity contribution is 9.10. The first-order valence-electron chi connectivity index (χ1n) is 7.89. The van der Waals surface area contributed by atoms with Gasteiger partial charge < -0.3 is 4.74 Å². The summed E-state index contributed by atoms with van der Waals surface area (Å²) in [5.41, 5.74) is 1.84. The van der Waals surface area contributed by atoms with Crippen molar-refractivity contribution in [3.8, 4) is 0 Å². The number of Topliss-reactive ketones (excluding diaryl/α,β-unsaturated/α-hetero) is 1. The number of carbonyl (C=O) groups excluding carboxylic acids is 1. The second kappa shape index (κ2) is 7.86. The molecular formula is C19H20BrNO2. The number of hydrogen-bond donors (Lipinski definition) is 0. The molecule has 2 aromatic carbocycles. The molecule has 0 bridgehead atoms. The highest BCUT2D eigenvalue weighted by Crippen LogP contribution is 2.24. The van der Waals surface area contributed by atoms with E-state index in [4.69, 9.17) is 4.74 Å². The summed E-state index contributed by atoms with van der Waals surface area (Å²) in [6.07, 6.45) is 0. The summed E-state index contributed by atoms with van der Waals surface area (Å²) in [5, 5.41) is 0. The van der Waals surface area contributed by atoms with Gasteiger partial charge in [-0.3, -0.25) is 9.69 Å². The highest BCUT2D eigenvalue weighted by atomic mass is 79.9. The lowest BCUT2D eigenvalue weighted by molar-refractivity contribution is 0.0345. The zero-order chi connectivity index (χ0) is 16.1. The predicted molar refractivity (Wildman–Crippen MR) is 94.9 cm³/mol. The van der Waals surface area contributed by atoms with Gasteiger partial charge in [0, 0.05) is 29.7 Å². The van der Waals surface area contributed by atoms with E-state index >= 15 is 0 Å². The standard InChI is InChI=1S/C19H20BrNO2/c20-17-8-6-16(7-9-17)19(22)18(15-4-2-1-3-5-15)14-21-10-12-23-13-11-21/h1-9,18H,10-14H2/t18-/m1/s1. The maximum absolute atomic E-state index is 13.1. The topological polar surface area (TPSA) is 29.5 Å². The first-order valence-corrected chi connectivity index (χ1v) is 8.68. The van der Waals surface area contributed by atoms with Gasteiger partial charge in [0.05, 0.1) is 19.1 Å². The van der Waals surface area contributed by atoms with Gasteiger partial charge in [0.1, 0.15) is 0 Å². The molecule has 1 aliphatic rings. The van der Waals surface area contributed by atoms with Crippen LogP contribution < -0.4 is 0 Å². The van der Waals surface area contributed by atoms with Gasteiger partial charge in [0.25, 0.3) is 0 Å². The van der Waals surface area contributed by atoms with E-state index in [2.05, 4.69) is 20.8 Å². The smallest absolute Gasteiger partial charge is 0.171 e. The van der Waals surface area contributed by atoms with Crippen molar-refractivity contribution in [3.63, 3.8) is 0 Å². The fraction of sp³-hybridized carbons (Fsp3) is 0.316. The fourth-order valence-corrected chi connectivity index (χ4v) is 3.15. The van der Waals surface area contributed by atoms with Crippen LogP contribution in [0.5, 0.6) is 0 Å². The number of carbonyl (C=O) groups is 1. The number of morpholine rings is 1. The lowest BCUT2D eigenvalue weighted by Gasteiger charge is -2.30. The van der Waals surface area contributed by atoms with Crippen molar-refractivity contribution in [3.05, 3.63) is 70.2 Å². The van der Waals surface area contributed by atoms with Crippen molar-refractivity contribution in [2.75, 3.05) is 32.8 Å². The van der Waals surface area contributed by atoms with E-state index in [0.717, 1.165) is 48.4 Å². The first kappa shape index (κ1) is 16.4. The third kappa shape index (κ3) is 4.28. The molecule has 3 rings (SSSR count). The minimum atomic E-state index is -0.143. The Kier molecular flexibility index (Phi) is 5.60. The third-order valence-corrected chi connectivity index (χ3v) is 4.72. The molecule has 4 heteroatoms. The molecule has 120 valence electrons. The molecule has 0 radical (unpaired) electrons. The summed E-state index contributed by atoms with van der Waals surface area (Å²) in [6, 6.07) is 17.7. The van der Waals surface area contributed by atoms with Crippen molar-refractivity contribution >= 4 is 21.7 Å². The molecule has 1 atom stereocenters. The van der Waals surface area contributed by atoms with E-state index in [1.54, 1.807) is 0 Å². The normalized spacial score (nSPS) is 16.9. The van der Waals surface area contributed by atoms with Crippen LogP contribution in [0.25, 0.3) is 0 Å². The molecule has 1 fully saturated rings. The molecule has 0 N–H and O–H groups in total. The van der Waals surface area contributed by atoms with Crippen molar-refractivity contribution in [1.29, 1.82) is 0 Å². The van der Waals surface area contributed by atoms with Crippen LogP contribution in [-0.4, -0.2) is 43.5 Å². The Morgan fingerprint density at radius 1 is 1.04 bits per heavy atom. The second-order valence-electron chi connectivity index (χ2n) is 5.75. The van der Waals surface area contributed by atoms with Crippen LogP contribution in [0.1, 0.15) is 21.8 Å². The van der Waals surface area contributed by atoms with Crippen molar-refractivity contribution in [1.82, 2.24) is 4.90 Å². The van der Waals surface area contributed by atoms with Gasteiger partial charge in [-0.2, -0.15) is 0 Å². The molecule has 1 heterocycles. The Labute approximate surface area is 145 Å². The lowest BCUT2D eigenvalue weighted by Crippen LogP contribution is -2.40. The van der Waals surface area contributed by atoms with Crippen LogP contribution in [0, 0.1) is 0 Å². The number of rotatable bonds is 5. The molecule has 2 aromatic rings. The van der Waals surface area contributed by atoms with Crippen LogP contribution in [0.2, 0.25) is 0 Å². The maximum Gasteiger partial charge on any atom is 0.171 e. The quantitative estimate of drug-likeness (QED) is 0.747. The van der Waals surface area contributed by atoms with E-state index < -0.39 is 0 Å². The third-order valence-electron chi connectivity index (χ3n) is 4.19. The Bertz CT molecular complexity index is 636. The summed E-state index contributed by atoms with van der Waals surface area (Å²) < 4.78 is 6.40. The molecule has 0 saturated carbocycles. The van der Waals surface area contributed by atoms with E-state index in [0.29, 0.717) is 0 Å². The predicted octanol–water partition coefficient (Wildman–Crippen LogP) is 3.75. The van der Waals surface area contributed by atoms with Crippen LogP contribution in [0.4, 0.5) is 0 Å². The average Bonchev–Trinajstić information content (AvgIpc) is 2.61. The van der Waals surface area contributed by atoms with Gasteiger partial charge >= 0.3 is 0 Å². The number of benzene rings is 2. The van der Waals surface area contributed by atoms with Gasteiger partial charge in [0.15, 0.2) is 5.78 Å². The van der Waals surface area contributed by atoms with E-state index in [1.165, 1.54) is 0 Å². The van der Waals surface area contributed by atoms with Gasteiger partial charge in [-0.1, -0.05) is 58.4 Å². The number of ketones is 1. The number of halogens is 1. The minimum absolute atomic E-state index is 0.143. The van der Waals surface area contributed by atoms with Crippen LogP contribution in [0.15, 0.2) is 59.1 Å². The van der Waals surface area contributed by atoms with E-state index in [9.17, 15) is 4.79 Å². The Morgan fingerprint density at radius 3 is 2.35 bits per heavy atom. The largest absolute Gasteiger partial charge is 0.379 e. The molecule has 0 unspecified atom stereocenters. The summed E-state index contributed by atoms with van der Waals surface area (Å²) in [7, 11) is 0. The second-order valence-corrected chi connectivity index (χ2v) is 6.66. The van der Waals surface area contributed by atoms with E-state index in [1.807, 2.05) is 54.6 Å². The van der Waals surface area contributed by atoms with Gasteiger partial charge in [-0.25, -0.2) is 0 Å². The molecule has 1 saturated heterocycles. The molecule has 0 spiro atoms. The van der Waals surface area contributed by atoms with Crippen molar-refractivity contribution in [2.45, 2.75) is 5.92 Å².